The van der Waals surface area contributed by atoms with E-state index in [1.165, 1.54) is 18.2 Å². The molecule has 1 atom stereocenters. The largest absolute Gasteiger partial charge is 0.478 e. The van der Waals surface area contributed by atoms with Crippen LogP contribution in [0.15, 0.2) is 24.3 Å². The molecule has 0 saturated heterocycles. The number of rotatable bonds is 7. The molecule has 0 spiro atoms. The molecule has 0 aliphatic carbocycles. The van der Waals surface area contributed by atoms with Crippen LogP contribution in [0.25, 0.3) is 6.08 Å². The van der Waals surface area contributed by atoms with E-state index >= 15 is 0 Å². The second-order valence-electron chi connectivity index (χ2n) is 4.30. The van der Waals surface area contributed by atoms with E-state index < -0.39 is 28.5 Å². The van der Waals surface area contributed by atoms with Crippen molar-refractivity contribution in [3.63, 3.8) is 0 Å². The van der Waals surface area contributed by atoms with Gasteiger partial charge in [-0.3, -0.25) is 9.00 Å². The second-order valence-corrected chi connectivity index (χ2v) is 5.85. The number of carboxylic acids is 1. The Bertz CT molecular complexity index is 586. The lowest BCUT2D eigenvalue weighted by atomic mass is 10.1. The van der Waals surface area contributed by atoms with Crippen LogP contribution in [0.1, 0.15) is 22.3 Å². The summed E-state index contributed by atoms with van der Waals surface area (Å²) in [6.45, 7) is 0.318. The normalized spacial score (nSPS) is 12.3. The minimum Gasteiger partial charge on any atom is -0.478 e. The Balaban J connectivity index is 2.64. The molecule has 0 radical (unpaired) electrons. The molecule has 0 saturated carbocycles. The molecule has 5 nitrogen and oxygen atoms in total. The Morgan fingerprint density at radius 2 is 2.14 bits per heavy atom. The Morgan fingerprint density at radius 3 is 2.71 bits per heavy atom. The van der Waals surface area contributed by atoms with Gasteiger partial charge in [-0.15, -0.1) is 0 Å². The number of carboxylic acid groups (broad SMARTS) is 1. The first-order chi connectivity index (χ1) is 9.90. The molecule has 0 fully saturated rings. The third-order valence-electron chi connectivity index (χ3n) is 2.55. The van der Waals surface area contributed by atoms with Crippen LogP contribution in [0.3, 0.4) is 0 Å². The van der Waals surface area contributed by atoms with Gasteiger partial charge in [0.25, 0.3) is 5.91 Å². The quantitative estimate of drug-likeness (QED) is 0.589. The zero-order chi connectivity index (χ0) is 15.8. The van der Waals surface area contributed by atoms with Gasteiger partial charge in [0.2, 0.25) is 0 Å². The predicted molar refractivity (Wildman–Crippen MR) is 79.0 cm³/mol. The Labute approximate surface area is 124 Å². The summed E-state index contributed by atoms with van der Waals surface area (Å²) in [7, 11) is -0.920. The van der Waals surface area contributed by atoms with Gasteiger partial charge in [-0.1, -0.05) is 6.07 Å². The summed E-state index contributed by atoms with van der Waals surface area (Å²) in [4.78, 5) is 22.1. The van der Waals surface area contributed by atoms with Crippen molar-refractivity contribution in [1.82, 2.24) is 5.32 Å². The number of aliphatic carboxylic acids is 1. The van der Waals surface area contributed by atoms with E-state index in [2.05, 4.69) is 5.32 Å². The van der Waals surface area contributed by atoms with Crippen LogP contribution in [-0.4, -0.2) is 39.7 Å². The highest BCUT2D eigenvalue weighted by Gasteiger charge is 2.11. The van der Waals surface area contributed by atoms with E-state index in [0.717, 1.165) is 12.1 Å². The number of nitrogens with one attached hydrogen (secondary N) is 1. The SMILES string of the molecule is CS(=O)CCCNC(=O)c1ccc(/C=C/C(=O)O)cc1F. The monoisotopic (exact) mass is 313 g/mol. The number of benzene rings is 1. The van der Waals surface area contributed by atoms with Gasteiger partial charge in [-0.05, 0) is 30.2 Å². The van der Waals surface area contributed by atoms with Crippen LogP contribution in [0.2, 0.25) is 0 Å². The van der Waals surface area contributed by atoms with Crippen LogP contribution >= 0.6 is 0 Å². The lowest BCUT2D eigenvalue weighted by Gasteiger charge is -2.06. The topological polar surface area (TPSA) is 83.5 Å². The van der Waals surface area contributed by atoms with Gasteiger partial charge in [0, 0.05) is 35.4 Å². The van der Waals surface area contributed by atoms with Crippen molar-refractivity contribution in [2.45, 2.75) is 6.42 Å². The van der Waals surface area contributed by atoms with Gasteiger partial charge < -0.3 is 10.4 Å². The van der Waals surface area contributed by atoms with E-state index in [1.807, 2.05) is 0 Å². The molecule has 1 rings (SSSR count). The first-order valence-corrected chi connectivity index (χ1v) is 7.91. The summed E-state index contributed by atoms with van der Waals surface area (Å²) >= 11 is 0. The lowest BCUT2D eigenvalue weighted by Crippen LogP contribution is -2.26. The van der Waals surface area contributed by atoms with Crippen molar-refractivity contribution >= 4 is 28.8 Å². The summed E-state index contributed by atoms with van der Waals surface area (Å²) in [6, 6.07) is 3.85. The molecule has 1 aromatic carbocycles. The van der Waals surface area contributed by atoms with Gasteiger partial charge in [0.1, 0.15) is 5.82 Å². The molecule has 0 aliphatic rings. The third-order valence-corrected chi connectivity index (χ3v) is 3.41. The van der Waals surface area contributed by atoms with Crippen molar-refractivity contribution < 1.29 is 23.3 Å². The lowest BCUT2D eigenvalue weighted by molar-refractivity contribution is -0.131. The van der Waals surface area contributed by atoms with Crippen LogP contribution in [-0.2, 0) is 15.6 Å². The minimum atomic E-state index is -1.13. The fourth-order valence-corrected chi connectivity index (χ4v) is 2.11. The second kappa shape index (κ2) is 8.31. The Kier molecular flexibility index (Phi) is 6.74. The number of amides is 1. The highest BCUT2D eigenvalue weighted by molar-refractivity contribution is 7.84. The molecule has 0 heterocycles. The maximum absolute atomic E-state index is 13.8. The number of hydrogen-bond acceptors (Lipinski definition) is 3. The van der Waals surface area contributed by atoms with E-state index in [9.17, 15) is 18.2 Å². The van der Waals surface area contributed by atoms with Crippen molar-refractivity contribution in [2.24, 2.45) is 0 Å². The zero-order valence-electron chi connectivity index (χ0n) is 11.5. The van der Waals surface area contributed by atoms with Gasteiger partial charge in [0.05, 0.1) is 5.56 Å². The number of halogens is 1. The molecular formula is C14H16FNO4S. The number of hydrogen-bond donors (Lipinski definition) is 2. The maximum Gasteiger partial charge on any atom is 0.328 e. The molecule has 0 bridgehead atoms. The summed E-state index contributed by atoms with van der Waals surface area (Å²) in [5, 5.41) is 11.0. The third kappa shape index (κ3) is 6.31. The number of carbonyl (C=O) groups is 2. The fourth-order valence-electron chi connectivity index (χ4n) is 1.56. The molecule has 0 aromatic heterocycles. The zero-order valence-corrected chi connectivity index (χ0v) is 12.3. The van der Waals surface area contributed by atoms with E-state index in [-0.39, 0.29) is 5.56 Å². The summed E-state index contributed by atoms with van der Waals surface area (Å²) in [5.41, 5.74) is 0.243. The van der Waals surface area contributed by atoms with Crippen molar-refractivity contribution in [1.29, 1.82) is 0 Å². The average molecular weight is 313 g/mol. The van der Waals surface area contributed by atoms with Crippen LogP contribution in [0.4, 0.5) is 4.39 Å². The van der Waals surface area contributed by atoms with Gasteiger partial charge in [-0.2, -0.15) is 0 Å². The van der Waals surface area contributed by atoms with Crippen LogP contribution in [0.5, 0.6) is 0 Å². The molecule has 1 aromatic rings. The van der Waals surface area contributed by atoms with Gasteiger partial charge in [-0.25, -0.2) is 9.18 Å². The fraction of sp³-hybridized carbons (Fsp3) is 0.286. The first kappa shape index (κ1) is 17.0. The Hall–Kier alpha value is -2.02. The first-order valence-electron chi connectivity index (χ1n) is 6.19. The van der Waals surface area contributed by atoms with Crippen molar-refractivity contribution in [2.75, 3.05) is 18.6 Å². The molecule has 21 heavy (non-hydrogen) atoms. The average Bonchev–Trinajstić information content (AvgIpc) is 2.41. The van der Waals surface area contributed by atoms with Crippen molar-refractivity contribution in [3.8, 4) is 0 Å². The minimum absolute atomic E-state index is 0.111. The van der Waals surface area contributed by atoms with E-state index in [0.29, 0.717) is 24.3 Å². The van der Waals surface area contributed by atoms with Crippen LogP contribution < -0.4 is 5.32 Å². The van der Waals surface area contributed by atoms with Crippen LogP contribution in [0, 0.1) is 5.82 Å². The molecule has 7 heteroatoms. The van der Waals surface area contributed by atoms with Gasteiger partial charge >= 0.3 is 5.97 Å². The molecule has 2 N–H and O–H groups in total. The van der Waals surface area contributed by atoms with Gasteiger partial charge in [0.15, 0.2) is 0 Å². The molecule has 1 amide bonds. The maximum atomic E-state index is 13.8. The smallest absolute Gasteiger partial charge is 0.328 e. The predicted octanol–water partition coefficient (Wildman–Crippen LogP) is 1.42. The summed E-state index contributed by atoms with van der Waals surface area (Å²) in [6.07, 6.45) is 4.25. The highest BCUT2D eigenvalue weighted by Crippen LogP contribution is 2.12. The Morgan fingerprint density at radius 1 is 1.43 bits per heavy atom. The molecule has 114 valence electrons. The molecule has 1 unspecified atom stereocenters. The van der Waals surface area contributed by atoms with E-state index in [4.69, 9.17) is 5.11 Å². The van der Waals surface area contributed by atoms with E-state index in [1.54, 1.807) is 6.26 Å². The molecular weight excluding hydrogens is 297 g/mol. The van der Waals surface area contributed by atoms with Crippen molar-refractivity contribution in [3.05, 3.63) is 41.2 Å². The summed E-state index contributed by atoms with van der Waals surface area (Å²) in [5.74, 6) is -1.94. The molecule has 0 aliphatic heterocycles. The summed E-state index contributed by atoms with van der Waals surface area (Å²) < 4.78 is 24.6. The number of carbonyl (C=O) groups excluding carboxylic acids is 1. The highest BCUT2D eigenvalue weighted by atomic mass is 32.2. The standard InChI is InChI=1S/C14H16FNO4S/c1-21(20)8-2-7-16-14(19)11-5-3-10(9-12(11)15)4-6-13(17)18/h3-6,9H,2,7-8H2,1H3,(H,16,19)(H,17,18)/b6-4+.